The summed E-state index contributed by atoms with van der Waals surface area (Å²) in [5.41, 5.74) is 0. The molecule has 1 aliphatic rings. The Bertz CT molecular complexity index is 549. The third-order valence-corrected chi connectivity index (χ3v) is 4.36. The van der Waals surface area contributed by atoms with Gasteiger partial charge in [0.25, 0.3) is 0 Å². The van der Waals surface area contributed by atoms with Crippen LogP contribution in [0.1, 0.15) is 32.1 Å². The molecule has 1 aromatic carbocycles. The maximum Gasteiger partial charge on any atom is 0.303 e. The van der Waals surface area contributed by atoms with E-state index in [0.717, 1.165) is 19.4 Å². The Balaban J connectivity index is 1.74. The number of carbonyl (C=O) groups is 2. The minimum Gasteiger partial charge on any atom is -0.491 e. The highest BCUT2D eigenvalue weighted by molar-refractivity contribution is 6.32. The van der Waals surface area contributed by atoms with Crippen molar-refractivity contribution in [2.24, 2.45) is 5.92 Å². The van der Waals surface area contributed by atoms with Gasteiger partial charge in [0.1, 0.15) is 5.75 Å². The average molecular weight is 340 g/mol. The minimum atomic E-state index is -0.776. The number of nitrogens with zero attached hydrogens (tertiary/aromatic N) is 1. The molecule has 0 saturated carbocycles. The standard InChI is InChI=1S/C17H22ClNO4/c18-14-5-1-2-6-15(14)23-11-9-16(20)19-10-3-4-13(12-19)7-8-17(21)22/h1-2,5-6,13H,3-4,7-12H2,(H,21,22). The molecule has 1 atom stereocenters. The number of aliphatic carboxylic acids is 1. The van der Waals surface area contributed by atoms with Crippen molar-refractivity contribution in [3.05, 3.63) is 29.3 Å². The summed E-state index contributed by atoms with van der Waals surface area (Å²) in [6.07, 6.45) is 3.03. The zero-order valence-corrected chi connectivity index (χ0v) is 13.8. The van der Waals surface area contributed by atoms with Crippen molar-refractivity contribution in [3.63, 3.8) is 0 Å². The second-order valence-corrected chi connectivity index (χ2v) is 6.22. The number of halogens is 1. The van der Waals surface area contributed by atoms with Gasteiger partial charge >= 0.3 is 5.97 Å². The van der Waals surface area contributed by atoms with Crippen molar-refractivity contribution in [1.29, 1.82) is 0 Å². The Labute approximate surface area is 141 Å². The number of benzene rings is 1. The van der Waals surface area contributed by atoms with E-state index in [1.165, 1.54) is 0 Å². The van der Waals surface area contributed by atoms with Gasteiger partial charge in [0.2, 0.25) is 5.91 Å². The summed E-state index contributed by atoms with van der Waals surface area (Å²) in [4.78, 5) is 24.7. The molecule has 0 spiro atoms. The second kappa shape index (κ2) is 8.77. The quantitative estimate of drug-likeness (QED) is 0.828. The molecule has 1 saturated heterocycles. The van der Waals surface area contributed by atoms with Gasteiger partial charge in [0.05, 0.1) is 18.1 Å². The van der Waals surface area contributed by atoms with E-state index in [4.69, 9.17) is 21.4 Å². The summed E-state index contributed by atoms with van der Waals surface area (Å²) in [6.45, 7) is 1.69. The normalized spacial score (nSPS) is 17.8. The highest BCUT2D eigenvalue weighted by Crippen LogP contribution is 2.24. The highest BCUT2D eigenvalue weighted by atomic mass is 35.5. The van der Waals surface area contributed by atoms with Crippen LogP contribution in [0.4, 0.5) is 0 Å². The molecule has 1 fully saturated rings. The van der Waals surface area contributed by atoms with Crippen LogP contribution in [0.25, 0.3) is 0 Å². The third-order valence-electron chi connectivity index (χ3n) is 4.05. The van der Waals surface area contributed by atoms with Gasteiger partial charge < -0.3 is 14.7 Å². The molecule has 2 rings (SSSR count). The van der Waals surface area contributed by atoms with Gasteiger partial charge in [0, 0.05) is 19.5 Å². The molecule has 1 aliphatic heterocycles. The number of carboxylic acids is 1. The maximum absolute atomic E-state index is 12.3. The van der Waals surface area contributed by atoms with E-state index < -0.39 is 5.97 Å². The first-order valence-corrected chi connectivity index (χ1v) is 8.31. The zero-order valence-electron chi connectivity index (χ0n) is 13.0. The molecule has 1 amide bonds. The van der Waals surface area contributed by atoms with E-state index in [2.05, 4.69) is 0 Å². The summed E-state index contributed by atoms with van der Waals surface area (Å²) in [7, 11) is 0. The summed E-state index contributed by atoms with van der Waals surface area (Å²) in [5, 5.41) is 9.29. The second-order valence-electron chi connectivity index (χ2n) is 5.81. The molecule has 5 nitrogen and oxygen atoms in total. The molecular formula is C17H22ClNO4. The lowest BCUT2D eigenvalue weighted by atomic mass is 9.93. The van der Waals surface area contributed by atoms with Crippen molar-refractivity contribution < 1.29 is 19.4 Å². The number of hydrogen-bond acceptors (Lipinski definition) is 3. The summed E-state index contributed by atoms with van der Waals surface area (Å²) >= 11 is 6.00. The molecule has 0 radical (unpaired) electrons. The number of ether oxygens (including phenoxy) is 1. The van der Waals surface area contributed by atoms with Gasteiger partial charge in [-0.2, -0.15) is 0 Å². The zero-order chi connectivity index (χ0) is 16.7. The first kappa shape index (κ1) is 17.6. The van der Waals surface area contributed by atoms with E-state index in [0.29, 0.717) is 36.8 Å². The molecular weight excluding hydrogens is 318 g/mol. The molecule has 1 N–H and O–H groups in total. The van der Waals surface area contributed by atoms with Crippen LogP contribution < -0.4 is 4.74 Å². The van der Waals surface area contributed by atoms with E-state index >= 15 is 0 Å². The van der Waals surface area contributed by atoms with E-state index in [9.17, 15) is 9.59 Å². The molecule has 0 aliphatic carbocycles. The summed E-state index contributed by atoms with van der Waals surface area (Å²) in [6, 6.07) is 7.18. The topological polar surface area (TPSA) is 66.8 Å². The lowest BCUT2D eigenvalue weighted by molar-refractivity contribution is -0.137. The highest BCUT2D eigenvalue weighted by Gasteiger charge is 2.23. The number of likely N-dealkylation sites (tertiary alicyclic amines) is 1. The number of piperidine rings is 1. The van der Waals surface area contributed by atoms with Gasteiger partial charge in [-0.3, -0.25) is 9.59 Å². The van der Waals surface area contributed by atoms with Crippen molar-refractivity contribution in [3.8, 4) is 5.75 Å². The fraction of sp³-hybridized carbons (Fsp3) is 0.529. The number of hydrogen-bond donors (Lipinski definition) is 1. The lowest BCUT2D eigenvalue weighted by Crippen LogP contribution is -2.40. The predicted octanol–water partition coefficient (Wildman–Crippen LogP) is 3.21. The van der Waals surface area contributed by atoms with E-state index in [1.807, 2.05) is 17.0 Å². The first-order chi connectivity index (χ1) is 11.1. The van der Waals surface area contributed by atoms with Gasteiger partial charge in [-0.25, -0.2) is 0 Å². The number of carbonyl (C=O) groups excluding carboxylic acids is 1. The summed E-state index contributed by atoms with van der Waals surface area (Å²) in [5.74, 6) is 0.145. The molecule has 1 aromatic rings. The van der Waals surface area contributed by atoms with Crippen LogP contribution >= 0.6 is 11.6 Å². The van der Waals surface area contributed by atoms with Gasteiger partial charge in [-0.15, -0.1) is 0 Å². The van der Waals surface area contributed by atoms with Crippen LogP contribution in [-0.4, -0.2) is 41.6 Å². The Hall–Kier alpha value is -1.75. The van der Waals surface area contributed by atoms with E-state index in [1.54, 1.807) is 12.1 Å². The molecule has 126 valence electrons. The largest absolute Gasteiger partial charge is 0.491 e. The van der Waals surface area contributed by atoms with Crippen LogP contribution in [0.15, 0.2) is 24.3 Å². The fourth-order valence-electron chi connectivity index (χ4n) is 2.82. The SMILES string of the molecule is O=C(O)CCC1CCCN(C(=O)CCOc2ccccc2Cl)C1. The van der Waals surface area contributed by atoms with Crippen LogP contribution in [0.5, 0.6) is 5.75 Å². The monoisotopic (exact) mass is 339 g/mol. The lowest BCUT2D eigenvalue weighted by Gasteiger charge is -2.32. The van der Waals surface area contributed by atoms with Crippen LogP contribution in [-0.2, 0) is 9.59 Å². The molecule has 0 bridgehead atoms. The van der Waals surface area contributed by atoms with Crippen LogP contribution in [0.3, 0.4) is 0 Å². The third kappa shape index (κ3) is 5.75. The number of amides is 1. The number of rotatable bonds is 7. The Morgan fingerprint density at radius 1 is 1.30 bits per heavy atom. The Kier molecular flexibility index (Phi) is 6.71. The van der Waals surface area contributed by atoms with Crippen LogP contribution in [0.2, 0.25) is 5.02 Å². The Morgan fingerprint density at radius 2 is 2.09 bits per heavy atom. The fourth-order valence-corrected chi connectivity index (χ4v) is 3.01. The molecule has 23 heavy (non-hydrogen) atoms. The van der Waals surface area contributed by atoms with Crippen molar-refractivity contribution >= 4 is 23.5 Å². The molecule has 6 heteroatoms. The smallest absolute Gasteiger partial charge is 0.303 e. The predicted molar refractivity (Wildman–Crippen MR) is 87.7 cm³/mol. The van der Waals surface area contributed by atoms with Gasteiger partial charge in [-0.05, 0) is 37.3 Å². The van der Waals surface area contributed by atoms with Crippen LogP contribution in [0, 0.1) is 5.92 Å². The molecule has 0 aromatic heterocycles. The van der Waals surface area contributed by atoms with Crippen molar-refractivity contribution in [2.75, 3.05) is 19.7 Å². The van der Waals surface area contributed by atoms with Gasteiger partial charge in [-0.1, -0.05) is 23.7 Å². The number of para-hydroxylation sites is 1. The summed E-state index contributed by atoms with van der Waals surface area (Å²) < 4.78 is 5.55. The molecule has 1 heterocycles. The number of carboxylic acid groups (broad SMARTS) is 1. The average Bonchev–Trinajstić information content (AvgIpc) is 2.55. The van der Waals surface area contributed by atoms with Crippen molar-refractivity contribution in [2.45, 2.75) is 32.1 Å². The molecule has 1 unspecified atom stereocenters. The van der Waals surface area contributed by atoms with Gasteiger partial charge in [0.15, 0.2) is 0 Å². The van der Waals surface area contributed by atoms with E-state index in [-0.39, 0.29) is 18.2 Å². The maximum atomic E-state index is 12.3. The van der Waals surface area contributed by atoms with Crippen molar-refractivity contribution in [1.82, 2.24) is 4.90 Å². The first-order valence-electron chi connectivity index (χ1n) is 7.93. The Morgan fingerprint density at radius 3 is 2.83 bits per heavy atom. The minimum absolute atomic E-state index is 0.0529.